The standard InChI is InChI=1S/C22H24F4N4O3S/c1-34(32,33)17-3-2-14(18(23)11-17)10-15-4-9-30(21(15)31)16-5-7-29(8-6-16)20-13-27-19(12-28-20)22(24,25)26/h2-3,11-13,15-16H,4-10H2,1H3/t15-/m1/s1. The second kappa shape index (κ2) is 9.12. The van der Waals surface area contributed by atoms with Crippen LogP contribution in [0, 0.1) is 11.7 Å². The van der Waals surface area contributed by atoms with Gasteiger partial charge >= 0.3 is 6.18 Å². The van der Waals surface area contributed by atoms with Gasteiger partial charge in [-0.25, -0.2) is 22.8 Å². The number of alkyl halides is 3. The smallest absolute Gasteiger partial charge is 0.355 e. The van der Waals surface area contributed by atoms with E-state index in [-0.39, 0.29) is 29.2 Å². The summed E-state index contributed by atoms with van der Waals surface area (Å²) in [5, 5.41) is 0. The predicted octanol–water partition coefficient (Wildman–Crippen LogP) is 3.10. The molecule has 0 spiro atoms. The third-order valence-electron chi connectivity index (χ3n) is 6.43. The van der Waals surface area contributed by atoms with Crippen LogP contribution in [0.25, 0.3) is 0 Å². The zero-order valence-corrected chi connectivity index (χ0v) is 19.2. The monoisotopic (exact) mass is 500 g/mol. The van der Waals surface area contributed by atoms with Crippen LogP contribution in [0.2, 0.25) is 0 Å². The lowest BCUT2D eigenvalue weighted by Gasteiger charge is -2.37. The molecule has 12 heteroatoms. The quantitative estimate of drug-likeness (QED) is 0.587. The highest BCUT2D eigenvalue weighted by atomic mass is 32.2. The molecular formula is C22H24F4N4O3S. The van der Waals surface area contributed by atoms with Crippen molar-refractivity contribution in [3.8, 4) is 0 Å². The number of anilines is 1. The van der Waals surface area contributed by atoms with Crippen LogP contribution in [-0.2, 0) is 27.2 Å². The summed E-state index contributed by atoms with van der Waals surface area (Å²) >= 11 is 0. The number of piperidine rings is 1. The highest BCUT2D eigenvalue weighted by Gasteiger charge is 2.38. The van der Waals surface area contributed by atoms with Crippen LogP contribution in [0.5, 0.6) is 0 Å². The largest absolute Gasteiger partial charge is 0.434 e. The molecule has 0 aliphatic carbocycles. The molecule has 2 aliphatic rings. The van der Waals surface area contributed by atoms with E-state index in [1.165, 1.54) is 12.1 Å². The van der Waals surface area contributed by atoms with Crippen molar-refractivity contribution in [2.45, 2.75) is 42.8 Å². The molecule has 2 aliphatic heterocycles. The highest BCUT2D eigenvalue weighted by molar-refractivity contribution is 7.90. The summed E-state index contributed by atoms with van der Waals surface area (Å²) in [5.74, 6) is -0.707. The number of carbonyl (C=O) groups is 1. The Bertz CT molecular complexity index is 1160. The van der Waals surface area contributed by atoms with Crippen LogP contribution in [-0.4, -0.2) is 61.1 Å². The molecule has 0 unspecified atom stereocenters. The maximum Gasteiger partial charge on any atom is 0.434 e. The van der Waals surface area contributed by atoms with E-state index in [2.05, 4.69) is 9.97 Å². The Morgan fingerprint density at radius 3 is 2.32 bits per heavy atom. The molecule has 2 fully saturated rings. The van der Waals surface area contributed by atoms with E-state index in [0.717, 1.165) is 24.7 Å². The second-order valence-corrected chi connectivity index (χ2v) is 10.7. The maximum absolute atomic E-state index is 14.4. The summed E-state index contributed by atoms with van der Waals surface area (Å²) in [6.45, 7) is 1.61. The van der Waals surface area contributed by atoms with Gasteiger partial charge in [0.05, 0.1) is 17.3 Å². The van der Waals surface area contributed by atoms with Gasteiger partial charge in [-0.1, -0.05) is 6.07 Å². The molecule has 34 heavy (non-hydrogen) atoms. The molecule has 1 amide bonds. The molecule has 0 bridgehead atoms. The first-order valence-corrected chi connectivity index (χ1v) is 12.8. The van der Waals surface area contributed by atoms with E-state index in [0.29, 0.717) is 50.3 Å². The molecule has 7 nitrogen and oxygen atoms in total. The van der Waals surface area contributed by atoms with E-state index >= 15 is 0 Å². The van der Waals surface area contributed by atoms with Crippen molar-refractivity contribution in [3.05, 3.63) is 47.7 Å². The fourth-order valence-electron chi connectivity index (χ4n) is 4.54. The molecule has 0 saturated carbocycles. The van der Waals surface area contributed by atoms with E-state index in [4.69, 9.17) is 0 Å². The summed E-state index contributed by atoms with van der Waals surface area (Å²) < 4.78 is 75.7. The molecule has 0 radical (unpaired) electrons. The van der Waals surface area contributed by atoms with Gasteiger partial charge in [-0.3, -0.25) is 4.79 Å². The number of hydrogen-bond donors (Lipinski definition) is 0. The van der Waals surface area contributed by atoms with Gasteiger partial charge < -0.3 is 9.80 Å². The Morgan fingerprint density at radius 2 is 1.76 bits per heavy atom. The number of hydrogen-bond acceptors (Lipinski definition) is 6. The minimum Gasteiger partial charge on any atom is -0.355 e. The van der Waals surface area contributed by atoms with Crippen molar-refractivity contribution in [1.82, 2.24) is 14.9 Å². The van der Waals surface area contributed by atoms with Gasteiger partial charge in [-0.15, -0.1) is 0 Å². The summed E-state index contributed by atoms with van der Waals surface area (Å²) in [4.78, 5) is 23.9. The zero-order valence-electron chi connectivity index (χ0n) is 18.4. The first-order valence-electron chi connectivity index (χ1n) is 10.9. The van der Waals surface area contributed by atoms with Crippen molar-refractivity contribution >= 4 is 21.6 Å². The Balaban J connectivity index is 1.34. The molecule has 0 N–H and O–H groups in total. The summed E-state index contributed by atoms with van der Waals surface area (Å²) in [7, 11) is -3.51. The number of halogens is 4. The topological polar surface area (TPSA) is 83.5 Å². The molecule has 184 valence electrons. The van der Waals surface area contributed by atoms with Crippen molar-refractivity contribution in [2.24, 2.45) is 5.92 Å². The number of aromatic nitrogens is 2. The summed E-state index contributed by atoms with van der Waals surface area (Å²) in [5.41, 5.74) is -0.731. The third kappa shape index (κ3) is 5.16. The fraction of sp³-hybridized carbons (Fsp3) is 0.500. The number of amides is 1. The van der Waals surface area contributed by atoms with Crippen LogP contribution in [0.1, 0.15) is 30.5 Å². The summed E-state index contributed by atoms with van der Waals surface area (Å²) in [6, 6.07) is 3.76. The number of likely N-dealkylation sites (tertiary alicyclic amines) is 1. The molecule has 3 heterocycles. The van der Waals surface area contributed by atoms with Crippen LogP contribution < -0.4 is 4.90 Å². The molecule has 1 aromatic carbocycles. The van der Waals surface area contributed by atoms with Crippen LogP contribution >= 0.6 is 0 Å². The van der Waals surface area contributed by atoms with Crippen molar-refractivity contribution < 1.29 is 30.8 Å². The normalized spacial score (nSPS) is 20.3. The molecular weight excluding hydrogens is 476 g/mol. The van der Waals surface area contributed by atoms with Gasteiger partial charge in [0.1, 0.15) is 11.6 Å². The Hall–Kier alpha value is -2.76. The van der Waals surface area contributed by atoms with Crippen LogP contribution in [0.3, 0.4) is 0 Å². The average Bonchev–Trinajstić information content (AvgIpc) is 3.14. The van der Waals surface area contributed by atoms with Gasteiger partial charge in [-0.05, 0) is 43.4 Å². The van der Waals surface area contributed by atoms with Crippen LogP contribution in [0.4, 0.5) is 23.4 Å². The van der Waals surface area contributed by atoms with Crippen molar-refractivity contribution in [3.63, 3.8) is 0 Å². The molecule has 2 aromatic rings. The second-order valence-electron chi connectivity index (χ2n) is 8.72. The van der Waals surface area contributed by atoms with E-state index in [9.17, 15) is 30.8 Å². The number of carbonyl (C=O) groups excluding carboxylic acids is 1. The Kier molecular flexibility index (Phi) is 6.54. The van der Waals surface area contributed by atoms with E-state index < -0.39 is 27.5 Å². The SMILES string of the molecule is CS(=O)(=O)c1ccc(C[C@H]2CCN(C3CCN(c4cnc(C(F)(F)F)cn4)CC3)C2=O)c(F)c1. The first-order chi connectivity index (χ1) is 15.9. The number of nitrogens with zero attached hydrogens (tertiary/aromatic N) is 4. The Labute approximate surface area is 194 Å². The number of benzene rings is 1. The molecule has 1 aromatic heterocycles. The van der Waals surface area contributed by atoms with Crippen molar-refractivity contribution in [1.29, 1.82) is 0 Å². The minimum atomic E-state index is -4.54. The van der Waals surface area contributed by atoms with Crippen molar-refractivity contribution in [2.75, 3.05) is 30.8 Å². The van der Waals surface area contributed by atoms with Gasteiger partial charge in [0.2, 0.25) is 5.91 Å². The fourth-order valence-corrected chi connectivity index (χ4v) is 5.17. The summed E-state index contributed by atoms with van der Waals surface area (Å²) in [6.07, 6.45) is 0.361. The van der Waals surface area contributed by atoms with Gasteiger partial charge in [0.15, 0.2) is 15.5 Å². The molecule has 2 saturated heterocycles. The maximum atomic E-state index is 14.4. The lowest BCUT2D eigenvalue weighted by atomic mass is 9.97. The highest BCUT2D eigenvalue weighted by Crippen LogP contribution is 2.31. The van der Waals surface area contributed by atoms with Gasteiger partial charge in [0.25, 0.3) is 0 Å². The van der Waals surface area contributed by atoms with Gasteiger partial charge in [0, 0.05) is 37.8 Å². The van der Waals surface area contributed by atoms with Gasteiger partial charge in [-0.2, -0.15) is 13.2 Å². The lowest BCUT2D eigenvalue weighted by Crippen LogP contribution is -2.46. The number of rotatable bonds is 5. The molecule has 4 rings (SSSR count). The molecule has 1 atom stereocenters. The van der Waals surface area contributed by atoms with Crippen LogP contribution in [0.15, 0.2) is 35.5 Å². The zero-order chi connectivity index (χ0) is 24.7. The third-order valence-corrected chi connectivity index (χ3v) is 7.54. The first kappa shape index (κ1) is 24.4. The van der Waals surface area contributed by atoms with E-state index in [1.807, 2.05) is 9.80 Å². The Morgan fingerprint density at radius 1 is 1.06 bits per heavy atom. The lowest BCUT2D eigenvalue weighted by molar-refractivity contribution is -0.141. The predicted molar refractivity (Wildman–Crippen MR) is 115 cm³/mol. The minimum absolute atomic E-state index is 0.00591. The average molecular weight is 501 g/mol. The van der Waals surface area contributed by atoms with E-state index in [1.54, 1.807) is 0 Å². The number of sulfone groups is 1.